The second kappa shape index (κ2) is 12.3. The second-order valence-electron chi connectivity index (χ2n) is 8.63. The van der Waals surface area contributed by atoms with E-state index in [4.69, 9.17) is 9.98 Å². The fraction of sp³-hybridized carbons (Fsp3) is 0.0909. The quantitative estimate of drug-likeness (QED) is 0.193. The predicted octanol–water partition coefficient (Wildman–Crippen LogP) is 8.90. The molecule has 0 aliphatic carbocycles. The molecule has 0 radical (unpaired) electrons. The van der Waals surface area contributed by atoms with Crippen molar-refractivity contribution in [2.24, 2.45) is 9.98 Å². The number of hydrogen-bond donors (Lipinski definition) is 2. The zero-order valence-electron chi connectivity index (χ0n) is 21.0. The maximum Gasteiger partial charge on any atom is 0.128 e. The van der Waals surface area contributed by atoms with E-state index in [1.54, 1.807) is 0 Å². The van der Waals surface area contributed by atoms with E-state index in [2.05, 4.69) is 0 Å². The van der Waals surface area contributed by atoms with Gasteiger partial charge in [-0.1, -0.05) is 97.1 Å². The molecule has 0 saturated carbocycles. The van der Waals surface area contributed by atoms with E-state index in [9.17, 15) is 10.2 Å². The molecule has 4 heteroatoms. The van der Waals surface area contributed by atoms with Crippen LogP contribution in [0, 0.1) is 0 Å². The van der Waals surface area contributed by atoms with Crippen LogP contribution >= 0.6 is 0 Å². The van der Waals surface area contributed by atoms with Crippen LogP contribution < -0.4 is 0 Å². The number of allylic oxidation sites excluding steroid dienone is 2. The van der Waals surface area contributed by atoms with Crippen LogP contribution in [-0.2, 0) is 0 Å². The largest absolute Gasteiger partial charge is 0.507 e. The summed E-state index contributed by atoms with van der Waals surface area (Å²) in [5.74, 6) is 0.229. The normalized spacial score (nSPS) is 13.6. The molecule has 0 bridgehead atoms. The summed E-state index contributed by atoms with van der Waals surface area (Å²) in [7, 11) is 0. The molecule has 0 aromatic heterocycles. The van der Waals surface area contributed by atoms with Gasteiger partial charge in [-0.25, -0.2) is 0 Å². The molecule has 0 aliphatic rings. The second-order valence-corrected chi connectivity index (χ2v) is 8.63. The Morgan fingerprint density at radius 3 is 1.11 bits per heavy atom. The first-order chi connectivity index (χ1) is 18.0. The van der Waals surface area contributed by atoms with Crippen molar-refractivity contribution >= 4 is 34.3 Å². The van der Waals surface area contributed by atoms with E-state index in [1.165, 1.54) is 0 Å². The molecule has 4 aromatic rings. The Hall–Kier alpha value is -4.70. The third kappa shape index (κ3) is 6.71. The molecule has 0 spiro atoms. The Balaban J connectivity index is 1.88. The van der Waals surface area contributed by atoms with Crippen molar-refractivity contribution in [1.29, 1.82) is 0 Å². The van der Waals surface area contributed by atoms with Gasteiger partial charge in [0.1, 0.15) is 11.5 Å². The maximum absolute atomic E-state index is 11.5. The van der Waals surface area contributed by atoms with Gasteiger partial charge < -0.3 is 10.2 Å². The van der Waals surface area contributed by atoms with Crippen LogP contribution in [0.2, 0.25) is 0 Å². The summed E-state index contributed by atoms with van der Waals surface area (Å²) in [5.41, 5.74) is 5.44. The van der Waals surface area contributed by atoms with Crippen molar-refractivity contribution in [3.63, 3.8) is 0 Å². The fourth-order valence-corrected chi connectivity index (χ4v) is 4.01. The van der Waals surface area contributed by atoms with Crippen LogP contribution in [-0.4, -0.2) is 21.6 Å². The highest BCUT2D eigenvalue weighted by atomic mass is 16.3. The summed E-state index contributed by atoms with van der Waals surface area (Å²) >= 11 is 0. The van der Waals surface area contributed by atoms with E-state index >= 15 is 0 Å². The van der Waals surface area contributed by atoms with Crippen molar-refractivity contribution in [2.75, 3.05) is 0 Å². The first-order valence-electron chi connectivity index (χ1n) is 12.2. The lowest BCUT2D eigenvalue weighted by molar-refractivity contribution is 0.503. The number of rotatable bonds is 8. The van der Waals surface area contributed by atoms with Crippen LogP contribution in [0.3, 0.4) is 0 Å². The minimum atomic E-state index is 0.114. The monoisotopic (exact) mass is 486 g/mol. The van der Waals surface area contributed by atoms with Gasteiger partial charge in [-0.2, -0.15) is 0 Å². The average Bonchev–Trinajstić information content (AvgIpc) is 2.95. The Morgan fingerprint density at radius 2 is 0.784 bits per heavy atom. The van der Waals surface area contributed by atoms with Gasteiger partial charge in [0.05, 0.1) is 11.4 Å². The number of aliphatic hydroxyl groups excluding tert-OH is 2. The molecule has 0 amide bonds. The summed E-state index contributed by atoms with van der Waals surface area (Å²) in [4.78, 5) is 9.58. The highest BCUT2D eigenvalue weighted by Gasteiger charge is 2.19. The predicted molar refractivity (Wildman–Crippen MR) is 155 cm³/mol. The van der Waals surface area contributed by atoms with Gasteiger partial charge in [-0.05, 0) is 38.1 Å². The van der Waals surface area contributed by atoms with Crippen LogP contribution in [0.15, 0.2) is 142 Å². The molecule has 4 aromatic carbocycles. The topological polar surface area (TPSA) is 65.2 Å². The average molecular weight is 487 g/mol. The molecule has 0 heterocycles. The molecule has 0 atom stereocenters. The van der Waals surface area contributed by atoms with E-state index in [0.29, 0.717) is 33.7 Å². The Labute approximate surface area is 218 Å². The molecule has 4 nitrogen and oxygen atoms in total. The Bertz CT molecular complexity index is 1320. The standard InChI is InChI=1S/C33H30N2O2/c1-24(34-28-19-11-5-12-20-28)30(32(36)26-15-7-3-8-16-26)23-31(33(37)27-17-9-4-10-18-27)25(2)35-29-21-13-6-14-22-29/h3-22,36-37H,23H2,1-2H3/b32-30-,33-31-,34-24+,35-25+. The molecule has 0 fully saturated rings. The van der Waals surface area contributed by atoms with Gasteiger partial charge in [0.15, 0.2) is 0 Å². The van der Waals surface area contributed by atoms with E-state index in [1.807, 2.05) is 135 Å². The van der Waals surface area contributed by atoms with E-state index < -0.39 is 0 Å². The minimum Gasteiger partial charge on any atom is -0.507 e. The molecule has 37 heavy (non-hydrogen) atoms. The van der Waals surface area contributed by atoms with Crippen molar-refractivity contribution in [1.82, 2.24) is 0 Å². The van der Waals surface area contributed by atoms with Gasteiger partial charge in [0.25, 0.3) is 0 Å². The van der Waals surface area contributed by atoms with Crippen molar-refractivity contribution in [3.05, 3.63) is 144 Å². The minimum absolute atomic E-state index is 0.114. The van der Waals surface area contributed by atoms with E-state index in [0.717, 1.165) is 11.4 Å². The SMILES string of the molecule is CC(=N\c1ccccc1)/C(CC(=C(/O)c1ccccc1)/C(C)=N/c1ccccc1)=C(\O)c1ccccc1. The van der Waals surface area contributed by atoms with Crippen LogP contribution in [0.1, 0.15) is 31.4 Å². The molecule has 0 aliphatic heterocycles. The molecule has 0 unspecified atom stereocenters. The van der Waals surface area contributed by atoms with Gasteiger partial charge >= 0.3 is 0 Å². The fourth-order valence-electron chi connectivity index (χ4n) is 4.01. The number of aliphatic hydroxyl groups is 2. The number of hydrogen-bond acceptors (Lipinski definition) is 4. The van der Waals surface area contributed by atoms with E-state index in [-0.39, 0.29) is 17.9 Å². The van der Waals surface area contributed by atoms with Crippen LogP contribution in [0.5, 0.6) is 0 Å². The van der Waals surface area contributed by atoms with Gasteiger partial charge in [-0.3, -0.25) is 9.98 Å². The Morgan fingerprint density at radius 1 is 0.486 bits per heavy atom. The molecule has 184 valence electrons. The summed E-state index contributed by atoms with van der Waals surface area (Å²) in [6, 6.07) is 38.0. The third-order valence-electron chi connectivity index (χ3n) is 6.00. The summed E-state index contributed by atoms with van der Waals surface area (Å²) < 4.78 is 0. The van der Waals surface area contributed by atoms with Crippen LogP contribution in [0.4, 0.5) is 11.4 Å². The first kappa shape index (κ1) is 25.4. The van der Waals surface area contributed by atoms with Gasteiger partial charge in [0.2, 0.25) is 0 Å². The number of aliphatic imine (C=N–C) groups is 2. The number of benzene rings is 4. The highest BCUT2D eigenvalue weighted by molar-refractivity contribution is 6.10. The van der Waals surface area contributed by atoms with Crippen molar-refractivity contribution < 1.29 is 10.2 Å². The van der Waals surface area contributed by atoms with Crippen molar-refractivity contribution in [2.45, 2.75) is 20.3 Å². The first-order valence-corrected chi connectivity index (χ1v) is 12.2. The zero-order valence-corrected chi connectivity index (χ0v) is 21.0. The van der Waals surface area contributed by atoms with Crippen molar-refractivity contribution in [3.8, 4) is 0 Å². The summed E-state index contributed by atoms with van der Waals surface area (Å²) in [6.07, 6.45) is 0.228. The Kier molecular flexibility index (Phi) is 8.45. The lowest BCUT2D eigenvalue weighted by Gasteiger charge is -2.16. The van der Waals surface area contributed by atoms with Crippen LogP contribution in [0.25, 0.3) is 11.5 Å². The van der Waals surface area contributed by atoms with Gasteiger partial charge in [-0.15, -0.1) is 0 Å². The number of nitrogens with zero attached hydrogens (tertiary/aromatic N) is 2. The molecule has 0 saturated heterocycles. The summed E-state index contributed by atoms with van der Waals surface area (Å²) in [5, 5.41) is 22.9. The summed E-state index contributed by atoms with van der Waals surface area (Å²) in [6.45, 7) is 3.75. The molecular formula is C33H30N2O2. The smallest absolute Gasteiger partial charge is 0.128 e. The lowest BCUT2D eigenvalue weighted by atomic mass is 9.93. The molecule has 4 rings (SSSR count). The molecule has 2 N–H and O–H groups in total. The molecular weight excluding hydrogens is 456 g/mol. The number of para-hydroxylation sites is 2. The van der Waals surface area contributed by atoms with Gasteiger partial charge in [0, 0.05) is 40.1 Å². The third-order valence-corrected chi connectivity index (χ3v) is 6.00. The lowest BCUT2D eigenvalue weighted by Crippen LogP contribution is -2.10. The maximum atomic E-state index is 11.5. The zero-order chi connectivity index (χ0) is 26.0. The highest BCUT2D eigenvalue weighted by Crippen LogP contribution is 2.30.